The summed E-state index contributed by atoms with van der Waals surface area (Å²) in [6.07, 6.45) is 1.49. The highest BCUT2D eigenvalue weighted by Gasteiger charge is 2.38. The van der Waals surface area contributed by atoms with Crippen molar-refractivity contribution >= 4 is 11.8 Å². The average molecular weight is 286 g/mol. The number of methoxy groups -OCH3 is 1. The molecule has 1 heterocycles. The Balaban J connectivity index is 2.69. The Morgan fingerprint density at radius 3 is 2.60 bits per heavy atom. The second kappa shape index (κ2) is 7.04. The summed E-state index contributed by atoms with van der Waals surface area (Å²) < 4.78 is 4.93. The first-order chi connectivity index (χ1) is 9.31. The van der Waals surface area contributed by atoms with Crippen LogP contribution in [0.5, 0.6) is 0 Å². The van der Waals surface area contributed by atoms with Crippen LogP contribution in [0.4, 0.5) is 0 Å². The number of rotatable bonds is 5. The number of likely N-dealkylation sites (tertiary alicyclic amines) is 1. The molecule has 0 saturated carbocycles. The molecule has 2 N–H and O–H groups in total. The summed E-state index contributed by atoms with van der Waals surface area (Å²) in [5.41, 5.74) is -0.494. The minimum absolute atomic E-state index is 0.0116. The summed E-state index contributed by atoms with van der Waals surface area (Å²) in [6, 6.07) is -0.868. The van der Waals surface area contributed by atoms with Crippen molar-refractivity contribution in [1.82, 2.24) is 10.2 Å². The molecule has 1 aliphatic rings. The molecular formula is C14H26N2O4. The Morgan fingerprint density at radius 2 is 2.10 bits per heavy atom. The van der Waals surface area contributed by atoms with Crippen LogP contribution in [0.3, 0.4) is 0 Å². The van der Waals surface area contributed by atoms with Crippen LogP contribution in [0, 0.1) is 5.41 Å². The molecule has 0 aromatic heterocycles. The fourth-order valence-electron chi connectivity index (χ4n) is 2.35. The molecule has 0 spiro atoms. The fraction of sp³-hybridized carbons (Fsp3) is 0.857. The van der Waals surface area contributed by atoms with Crippen LogP contribution in [0.2, 0.25) is 0 Å². The minimum atomic E-state index is -0.494. The highest BCUT2D eigenvalue weighted by molar-refractivity contribution is 5.90. The molecule has 0 aromatic carbocycles. The molecule has 2 atom stereocenters. The van der Waals surface area contributed by atoms with Gasteiger partial charge in [0.2, 0.25) is 11.8 Å². The predicted molar refractivity (Wildman–Crippen MR) is 75.1 cm³/mol. The van der Waals surface area contributed by atoms with Crippen molar-refractivity contribution in [2.75, 3.05) is 26.9 Å². The van der Waals surface area contributed by atoms with Gasteiger partial charge in [-0.25, -0.2) is 0 Å². The van der Waals surface area contributed by atoms with Gasteiger partial charge >= 0.3 is 0 Å². The smallest absolute Gasteiger partial charge is 0.243 e. The normalized spacial score (nSPS) is 20.9. The number of hydrogen-bond acceptors (Lipinski definition) is 4. The van der Waals surface area contributed by atoms with E-state index in [9.17, 15) is 14.7 Å². The minimum Gasteiger partial charge on any atom is -0.394 e. The maximum absolute atomic E-state index is 12.3. The van der Waals surface area contributed by atoms with Crippen LogP contribution in [0.25, 0.3) is 0 Å². The molecule has 116 valence electrons. The topological polar surface area (TPSA) is 78.9 Å². The number of carbonyl (C=O) groups is 2. The zero-order chi connectivity index (χ0) is 15.3. The molecule has 0 bridgehead atoms. The third-order valence-corrected chi connectivity index (χ3v) is 3.39. The largest absolute Gasteiger partial charge is 0.394 e. The number of nitrogens with one attached hydrogen (secondary N) is 1. The second-order valence-corrected chi connectivity index (χ2v) is 6.25. The molecule has 1 aliphatic heterocycles. The molecule has 0 radical (unpaired) electrons. The van der Waals surface area contributed by atoms with Gasteiger partial charge in [0.25, 0.3) is 0 Å². The van der Waals surface area contributed by atoms with Gasteiger partial charge in [0.15, 0.2) is 0 Å². The summed E-state index contributed by atoms with van der Waals surface area (Å²) in [6.45, 7) is 6.24. The van der Waals surface area contributed by atoms with Gasteiger partial charge in [-0.15, -0.1) is 0 Å². The third-order valence-electron chi connectivity index (χ3n) is 3.39. The van der Waals surface area contributed by atoms with E-state index in [2.05, 4.69) is 5.32 Å². The Morgan fingerprint density at radius 1 is 1.45 bits per heavy atom. The van der Waals surface area contributed by atoms with Crippen molar-refractivity contribution in [3.05, 3.63) is 0 Å². The average Bonchev–Trinajstić information content (AvgIpc) is 2.85. The van der Waals surface area contributed by atoms with E-state index < -0.39 is 17.5 Å². The molecule has 6 heteroatoms. The lowest BCUT2D eigenvalue weighted by Crippen LogP contribution is -2.52. The first kappa shape index (κ1) is 16.9. The Hall–Kier alpha value is -1.14. The molecule has 1 fully saturated rings. The van der Waals surface area contributed by atoms with Crippen LogP contribution in [-0.4, -0.2) is 60.8 Å². The molecule has 0 aromatic rings. The third kappa shape index (κ3) is 4.18. The van der Waals surface area contributed by atoms with E-state index in [-0.39, 0.29) is 25.0 Å². The van der Waals surface area contributed by atoms with Gasteiger partial charge in [0.1, 0.15) is 6.04 Å². The number of amides is 2. The zero-order valence-corrected chi connectivity index (χ0v) is 12.8. The Labute approximate surface area is 120 Å². The summed E-state index contributed by atoms with van der Waals surface area (Å²) >= 11 is 0. The van der Waals surface area contributed by atoms with Gasteiger partial charge < -0.3 is 20.1 Å². The fourth-order valence-corrected chi connectivity index (χ4v) is 2.35. The summed E-state index contributed by atoms with van der Waals surface area (Å²) in [4.78, 5) is 26.2. The van der Waals surface area contributed by atoms with Gasteiger partial charge in [-0.3, -0.25) is 9.59 Å². The van der Waals surface area contributed by atoms with E-state index in [1.54, 1.807) is 4.90 Å². The molecule has 2 amide bonds. The number of carbonyl (C=O) groups excluding carboxylic acids is 2. The van der Waals surface area contributed by atoms with E-state index in [1.165, 1.54) is 7.11 Å². The first-order valence-corrected chi connectivity index (χ1v) is 7.02. The van der Waals surface area contributed by atoms with E-state index in [0.717, 1.165) is 6.42 Å². The molecule has 6 nitrogen and oxygen atoms in total. The number of ether oxygens (including phenoxy) is 1. The quantitative estimate of drug-likeness (QED) is 0.754. The monoisotopic (exact) mass is 286 g/mol. The zero-order valence-electron chi connectivity index (χ0n) is 12.8. The second-order valence-electron chi connectivity index (χ2n) is 6.25. The summed E-state index contributed by atoms with van der Waals surface area (Å²) in [7, 11) is 1.51. The van der Waals surface area contributed by atoms with Gasteiger partial charge in [0, 0.05) is 19.1 Å². The molecule has 2 unspecified atom stereocenters. The molecule has 20 heavy (non-hydrogen) atoms. The van der Waals surface area contributed by atoms with Crippen LogP contribution in [0.15, 0.2) is 0 Å². The summed E-state index contributed by atoms with van der Waals surface area (Å²) in [5, 5.41) is 11.9. The van der Waals surface area contributed by atoms with Crippen molar-refractivity contribution in [3.8, 4) is 0 Å². The number of hydrogen-bond donors (Lipinski definition) is 2. The van der Waals surface area contributed by atoms with Crippen LogP contribution in [-0.2, 0) is 14.3 Å². The Kier molecular flexibility index (Phi) is 5.95. The predicted octanol–water partition coefficient (Wildman–Crippen LogP) is 0.147. The van der Waals surface area contributed by atoms with Gasteiger partial charge in [-0.05, 0) is 12.8 Å². The lowest BCUT2D eigenvalue weighted by atomic mass is 9.94. The van der Waals surface area contributed by atoms with Gasteiger partial charge in [-0.2, -0.15) is 0 Å². The van der Waals surface area contributed by atoms with Crippen molar-refractivity contribution in [1.29, 1.82) is 0 Å². The van der Waals surface area contributed by atoms with E-state index >= 15 is 0 Å². The molecular weight excluding hydrogens is 260 g/mol. The lowest BCUT2D eigenvalue weighted by Gasteiger charge is -2.31. The van der Waals surface area contributed by atoms with E-state index in [0.29, 0.717) is 13.0 Å². The standard InChI is InChI=1S/C14H26N2O4/c1-14(2,3)13(19)16-7-5-6-11(16)12(18)15-10(8-17)9-20-4/h10-11,17H,5-9H2,1-4H3,(H,15,18). The number of nitrogens with zero attached hydrogens (tertiary/aromatic N) is 1. The Bertz CT molecular complexity index is 352. The molecule has 0 aliphatic carbocycles. The van der Waals surface area contributed by atoms with Crippen molar-refractivity contribution in [2.24, 2.45) is 5.41 Å². The van der Waals surface area contributed by atoms with Crippen LogP contribution >= 0.6 is 0 Å². The first-order valence-electron chi connectivity index (χ1n) is 7.02. The molecule has 1 saturated heterocycles. The van der Waals surface area contributed by atoms with Crippen LogP contribution < -0.4 is 5.32 Å². The van der Waals surface area contributed by atoms with E-state index in [1.807, 2.05) is 20.8 Å². The maximum Gasteiger partial charge on any atom is 0.243 e. The van der Waals surface area contributed by atoms with Gasteiger partial charge in [-0.1, -0.05) is 20.8 Å². The van der Waals surface area contributed by atoms with E-state index in [4.69, 9.17) is 4.74 Å². The number of aliphatic hydroxyl groups is 1. The molecule has 1 rings (SSSR count). The van der Waals surface area contributed by atoms with Crippen molar-refractivity contribution < 1.29 is 19.4 Å². The SMILES string of the molecule is COCC(CO)NC(=O)C1CCCN1C(=O)C(C)(C)C. The highest BCUT2D eigenvalue weighted by atomic mass is 16.5. The van der Waals surface area contributed by atoms with Gasteiger partial charge in [0.05, 0.1) is 19.3 Å². The highest BCUT2D eigenvalue weighted by Crippen LogP contribution is 2.25. The number of aliphatic hydroxyl groups excluding tert-OH is 1. The maximum atomic E-state index is 12.3. The van der Waals surface area contributed by atoms with Crippen molar-refractivity contribution in [3.63, 3.8) is 0 Å². The van der Waals surface area contributed by atoms with Crippen molar-refractivity contribution in [2.45, 2.75) is 45.7 Å². The summed E-state index contributed by atoms with van der Waals surface area (Å²) in [5.74, 6) is -0.223. The van der Waals surface area contributed by atoms with Crippen LogP contribution in [0.1, 0.15) is 33.6 Å². The lowest BCUT2D eigenvalue weighted by molar-refractivity contribution is -0.145.